The van der Waals surface area contributed by atoms with Crippen LogP contribution in [0.2, 0.25) is 0 Å². The van der Waals surface area contributed by atoms with Crippen molar-refractivity contribution in [1.82, 2.24) is 5.32 Å². The van der Waals surface area contributed by atoms with Gasteiger partial charge in [-0.15, -0.1) is 0 Å². The molecule has 2 heteroatoms. The van der Waals surface area contributed by atoms with Gasteiger partial charge in [-0.2, -0.15) is 0 Å². The molecule has 1 N–H and O–H groups in total. The highest BCUT2D eigenvalue weighted by Crippen LogP contribution is 2.27. The van der Waals surface area contributed by atoms with E-state index in [2.05, 4.69) is 66.4 Å². The molecule has 1 heterocycles. The predicted molar refractivity (Wildman–Crippen MR) is 71.0 cm³/mol. The van der Waals surface area contributed by atoms with Crippen LogP contribution in [0.25, 0.3) is 10.8 Å². The Hall–Kier alpha value is -1.67. The smallest absolute Gasteiger partial charge is 0.196 e. The Morgan fingerprint density at radius 2 is 2.00 bits per heavy atom. The van der Waals surface area contributed by atoms with Crippen LogP contribution in [0.15, 0.2) is 47.5 Å². The normalized spacial score (nSPS) is 17.1. The zero-order valence-electron chi connectivity index (χ0n) is 9.77. The van der Waals surface area contributed by atoms with Crippen LogP contribution < -0.4 is 5.32 Å². The summed E-state index contributed by atoms with van der Waals surface area (Å²) >= 11 is 0. The minimum Gasteiger partial charge on any atom is -0.281 e. The number of aliphatic imine (C=N–C) groups is 1. The molecule has 0 aliphatic carbocycles. The first-order valence-corrected chi connectivity index (χ1v) is 5.88. The van der Waals surface area contributed by atoms with E-state index in [0.717, 1.165) is 12.3 Å². The number of nitrogens with one attached hydrogen (secondary N) is 1. The third-order valence-electron chi connectivity index (χ3n) is 3.34. The van der Waals surface area contributed by atoms with Crippen LogP contribution in [0.1, 0.15) is 18.4 Å². The molecule has 2 aromatic carbocycles. The summed E-state index contributed by atoms with van der Waals surface area (Å²) in [5, 5.41) is 5.62. The Morgan fingerprint density at radius 1 is 1.18 bits per heavy atom. The molecule has 0 amide bonds. The fourth-order valence-corrected chi connectivity index (χ4v) is 2.34. The molecule has 1 atom stereocenters. The second-order valence-corrected chi connectivity index (χ2v) is 4.36. The van der Waals surface area contributed by atoms with Gasteiger partial charge in [0.05, 0.1) is 0 Å². The van der Waals surface area contributed by atoms with Gasteiger partial charge in [-0.1, -0.05) is 49.4 Å². The van der Waals surface area contributed by atoms with Crippen molar-refractivity contribution in [2.24, 2.45) is 4.99 Å². The second kappa shape index (κ2) is 4.30. The van der Waals surface area contributed by atoms with Gasteiger partial charge < -0.3 is 0 Å². The van der Waals surface area contributed by atoms with Gasteiger partial charge in [-0.3, -0.25) is 10.3 Å². The lowest BCUT2D eigenvalue weighted by atomic mass is 9.91. The molecule has 0 spiro atoms. The zero-order chi connectivity index (χ0) is 11.7. The van der Waals surface area contributed by atoms with E-state index in [-0.39, 0.29) is 0 Å². The monoisotopic (exact) mass is 222 g/mol. The van der Waals surface area contributed by atoms with Crippen LogP contribution in [0, 0.1) is 6.67 Å². The predicted octanol–water partition coefficient (Wildman–Crippen LogP) is 2.98. The number of fused-ring (bicyclic) bond motifs is 1. The highest BCUT2D eigenvalue weighted by Gasteiger charge is 2.18. The van der Waals surface area contributed by atoms with E-state index < -0.39 is 0 Å². The van der Waals surface area contributed by atoms with Gasteiger partial charge in [0.1, 0.15) is 0 Å². The van der Waals surface area contributed by atoms with Crippen molar-refractivity contribution in [3.63, 3.8) is 0 Å². The van der Waals surface area contributed by atoms with E-state index in [9.17, 15) is 0 Å². The first-order chi connectivity index (χ1) is 8.36. The minimum atomic E-state index is 0.337. The van der Waals surface area contributed by atoms with Crippen LogP contribution in [0.5, 0.6) is 0 Å². The van der Waals surface area contributed by atoms with Gasteiger partial charge >= 0.3 is 0 Å². The minimum absolute atomic E-state index is 0.337. The average molecular weight is 222 g/mol. The van der Waals surface area contributed by atoms with Gasteiger partial charge in [0, 0.05) is 18.2 Å². The zero-order valence-corrected chi connectivity index (χ0v) is 9.77. The summed E-state index contributed by atoms with van der Waals surface area (Å²) in [5.41, 5.74) is 2.49. The largest absolute Gasteiger partial charge is 0.281 e. The Balaban J connectivity index is 2.10. The number of nitrogens with zero attached hydrogens (tertiary/aromatic N) is 1. The third-order valence-corrected chi connectivity index (χ3v) is 3.34. The van der Waals surface area contributed by atoms with Gasteiger partial charge in [0.2, 0.25) is 0 Å². The molecule has 17 heavy (non-hydrogen) atoms. The molecule has 2 nitrogen and oxygen atoms in total. The summed E-state index contributed by atoms with van der Waals surface area (Å²) in [7, 11) is 0. The SMILES string of the molecule is C[C@@H](C1=N[C]NC1)c1cccc2ccccc12. The number of rotatable bonds is 2. The summed E-state index contributed by atoms with van der Waals surface area (Å²) in [6.45, 7) is 5.82. The van der Waals surface area contributed by atoms with Crippen molar-refractivity contribution in [1.29, 1.82) is 0 Å². The summed E-state index contributed by atoms with van der Waals surface area (Å²) in [4.78, 5) is 4.27. The number of benzene rings is 2. The highest BCUT2D eigenvalue weighted by atomic mass is 15.1. The van der Waals surface area contributed by atoms with Crippen molar-refractivity contribution in [3.05, 3.63) is 54.7 Å². The van der Waals surface area contributed by atoms with E-state index >= 15 is 0 Å². The molecule has 3 rings (SSSR count). The Bertz CT molecular complexity index is 567. The first kappa shape index (κ1) is 10.5. The van der Waals surface area contributed by atoms with Gasteiger partial charge in [-0.05, 0) is 16.3 Å². The Labute approximate surface area is 101 Å². The molecule has 2 aromatic rings. The van der Waals surface area contributed by atoms with E-state index in [1.54, 1.807) is 0 Å². The summed E-state index contributed by atoms with van der Waals surface area (Å²) < 4.78 is 0. The molecule has 0 bridgehead atoms. The topological polar surface area (TPSA) is 24.4 Å². The summed E-state index contributed by atoms with van der Waals surface area (Å²) in [6, 6.07) is 14.9. The molecule has 0 saturated carbocycles. The van der Waals surface area contributed by atoms with E-state index in [1.807, 2.05) is 0 Å². The fraction of sp³-hybridized carbons (Fsp3) is 0.200. The van der Waals surface area contributed by atoms with Crippen LogP contribution in [-0.4, -0.2) is 12.3 Å². The first-order valence-electron chi connectivity index (χ1n) is 5.88. The van der Waals surface area contributed by atoms with Crippen LogP contribution in [-0.2, 0) is 0 Å². The van der Waals surface area contributed by atoms with Crippen molar-refractivity contribution in [2.45, 2.75) is 12.8 Å². The maximum atomic E-state index is 4.27. The lowest BCUT2D eigenvalue weighted by Crippen LogP contribution is -2.17. The molecule has 0 fully saturated rings. The van der Waals surface area contributed by atoms with E-state index in [0.29, 0.717) is 5.92 Å². The molecule has 1 aliphatic heterocycles. The van der Waals surface area contributed by atoms with Crippen molar-refractivity contribution < 1.29 is 0 Å². The maximum absolute atomic E-state index is 4.27. The number of hydrogen-bond donors (Lipinski definition) is 1. The molecule has 2 radical (unpaired) electrons. The lowest BCUT2D eigenvalue weighted by molar-refractivity contribution is 0.943. The van der Waals surface area contributed by atoms with Crippen molar-refractivity contribution >= 4 is 16.5 Å². The molecule has 1 aliphatic rings. The Morgan fingerprint density at radius 3 is 2.82 bits per heavy atom. The summed E-state index contributed by atoms with van der Waals surface area (Å²) in [6.07, 6.45) is 0. The number of hydrogen-bond acceptors (Lipinski definition) is 2. The lowest BCUT2D eigenvalue weighted by Gasteiger charge is -2.14. The molecule has 0 saturated heterocycles. The van der Waals surface area contributed by atoms with Crippen LogP contribution in [0.3, 0.4) is 0 Å². The van der Waals surface area contributed by atoms with Gasteiger partial charge in [0.15, 0.2) is 6.67 Å². The highest BCUT2D eigenvalue weighted by molar-refractivity contribution is 5.98. The summed E-state index contributed by atoms with van der Waals surface area (Å²) in [5.74, 6) is 0.337. The fourth-order valence-electron chi connectivity index (χ4n) is 2.34. The molecule has 84 valence electrons. The average Bonchev–Trinajstić information content (AvgIpc) is 2.91. The maximum Gasteiger partial charge on any atom is 0.196 e. The standard InChI is InChI=1S/C15H14N2/c1-11(15-9-16-10-17-15)13-8-4-6-12-5-2-3-7-14(12)13/h2-8,11,16H,9H2,1H3/t11-/m1/s1. The van der Waals surface area contributed by atoms with E-state index in [4.69, 9.17) is 0 Å². The molecular formula is C15H14N2. The molecule has 0 aromatic heterocycles. The van der Waals surface area contributed by atoms with Crippen LogP contribution in [0.4, 0.5) is 0 Å². The molecular weight excluding hydrogens is 208 g/mol. The Kier molecular flexibility index (Phi) is 2.65. The van der Waals surface area contributed by atoms with Crippen molar-refractivity contribution in [3.8, 4) is 0 Å². The quantitative estimate of drug-likeness (QED) is 0.830. The van der Waals surface area contributed by atoms with Gasteiger partial charge in [0.25, 0.3) is 0 Å². The second-order valence-electron chi connectivity index (χ2n) is 4.36. The van der Waals surface area contributed by atoms with Crippen molar-refractivity contribution in [2.75, 3.05) is 6.54 Å². The van der Waals surface area contributed by atoms with Gasteiger partial charge in [-0.25, -0.2) is 0 Å². The molecule has 0 unspecified atom stereocenters. The van der Waals surface area contributed by atoms with Crippen LogP contribution >= 0.6 is 0 Å². The third kappa shape index (κ3) is 1.85. The van der Waals surface area contributed by atoms with E-state index in [1.165, 1.54) is 16.3 Å².